The molecule has 0 saturated carbocycles. The molecule has 0 saturated heterocycles. The van der Waals surface area contributed by atoms with Crippen molar-refractivity contribution in [1.29, 1.82) is 0 Å². The second-order valence-electron chi connectivity index (χ2n) is 3.11. The van der Waals surface area contributed by atoms with Gasteiger partial charge >= 0.3 is 5.97 Å². The number of hydrogen-bond donors (Lipinski definition) is 0. The van der Waals surface area contributed by atoms with E-state index in [-0.39, 0.29) is 0 Å². The summed E-state index contributed by atoms with van der Waals surface area (Å²) in [5.74, 6) is -0.970. The van der Waals surface area contributed by atoms with E-state index in [1.54, 1.807) is 24.3 Å². The van der Waals surface area contributed by atoms with E-state index in [2.05, 4.69) is 4.74 Å². The molecule has 0 amide bonds. The maximum absolute atomic E-state index is 11.4. The molecule has 1 aromatic rings. The molecular weight excluding hydrogens is 208 g/mol. The predicted molar refractivity (Wildman–Crippen MR) is 58.4 cm³/mol. The fraction of sp³-hybridized carbons (Fsp3) is 0.333. The van der Waals surface area contributed by atoms with Gasteiger partial charge < -0.3 is 14.3 Å². The van der Waals surface area contributed by atoms with Crippen molar-refractivity contribution >= 4 is 12.3 Å². The van der Waals surface area contributed by atoms with E-state index in [0.717, 1.165) is 0 Å². The predicted octanol–water partition coefficient (Wildman–Crippen LogP) is 1.54. The normalized spacial score (nSPS) is 11.6. The van der Waals surface area contributed by atoms with Gasteiger partial charge in [0.2, 0.25) is 0 Å². The third-order valence-corrected chi connectivity index (χ3v) is 2.15. The Hall–Kier alpha value is -1.84. The Labute approximate surface area is 94.2 Å². The van der Waals surface area contributed by atoms with Crippen LogP contribution in [0, 0.1) is 0 Å². The standard InChI is InChI=1S/C12H14O4/c1-3-16-11-7-5-4-6-9(11)10(8-13)12(14)15-2/h4-8,10H,3H2,1-2H3. The lowest BCUT2D eigenvalue weighted by Gasteiger charge is -2.13. The highest BCUT2D eigenvalue weighted by Crippen LogP contribution is 2.26. The average molecular weight is 222 g/mol. The maximum atomic E-state index is 11.4. The number of rotatable bonds is 5. The second-order valence-corrected chi connectivity index (χ2v) is 3.11. The smallest absolute Gasteiger partial charge is 0.320 e. The number of para-hydroxylation sites is 1. The summed E-state index contributed by atoms with van der Waals surface area (Å²) < 4.78 is 9.91. The van der Waals surface area contributed by atoms with Crippen molar-refractivity contribution in [2.24, 2.45) is 0 Å². The minimum absolute atomic E-state index is 0.476. The monoisotopic (exact) mass is 222 g/mol. The number of aldehydes is 1. The molecule has 4 heteroatoms. The first-order chi connectivity index (χ1) is 7.74. The van der Waals surface area contributed by atoms with Gasteiger partial charge in [-0.15, -0.1) is 0 Å². The molecule has 4 nitrogen and oxygen atoms in total. The van der Waals surface area contributed by atoms with Crippen LogP contribution in [0.5, 0.6) is 5.75 Å². The topological polar surface area (TPSA) is 52.6 Å². The third-order valence-electron chi connectivity index (χ3n) is 2.15. The molecule has 0 bridgehead atoms. The number of esters is 1. The van der Waals surface area contributed by atoms with E-state index in [1.165, 1.54) is 7.11 Å². The molecule has 0 aromatic heterocycles. The molecule has 1 aromatic carbocycles. The quantitative estimate of drug-likeness (QED) is 0.431. The van der Waals surface area contributed by atoms with Crippen molar-refractivity contribution in [1.82, 2.24) is 0 Å². The van der Waals surface area contributed by atoms with Gasteiger partial charge in [0, 0.05) is 5.56 Å². The molecular formula is C12H14O4. The Balaban J connectivity index is 3.08. The van der Waals surface area contributed by atoms with Crippen molar-refractivity contribution in [2.75, 3.05) is 13.7 Å². The molecule has 86 valence electrons. The largest absolute Gasteiger partial charge is 0.494 e. The zero-order valence-electron chi connectivity index (χ0n) is 9.30. The third kappa shape index (κ3) is 2.59. The molecule has 16 heavy (non-hydrogen) atoms. The molecule has 0 fully saturated rings. The summed E-state index contributed by atoms with van der Waals surface area (Å²) in [6, 6.07) is 6.93. The van der Waals surface area contributed by atoms with Gasteiger partial charge in [-0.05, 0) is 13.0 Å². The average Bonchev–Trinajstić information content (AvgIpc) is 2.32. The summed E-state index contributed by atoms with van der Waals surface area (Å²) in [7, 11) is 1.25. The Bertz CT molecular complexity index is 373. The Morgan fingerprint density at radius 3 is 2.69 bits per heavy atom. The van der Waals surface area contributed by atoms with E-state index in [0.29, 0.717) is 24.2 Å². The minimum atomic E-state index is -0.923. The van der Waals surface area contributed by atoms with E-state index >= 15 is 0 Å². The SMILES string of the molecule is CCOc1ccccc1C(C=O)C(=O)OC. The van der Waals surface area contributed by atoms with Crippen LogP contribution in [0.3, 0.4) is 0 Å². The number of methoxy groups -OCH3 is 1. The zero-order valence-corrected chi connectivity index (χ0v) is 9.30. The molecule has 1 atom stereocenters. The number of ether oxygens (including phenoxy) is 2. The van der Waals surface area contributed by atoms with Crippen LogP contribution in [-0.4, -0.2) is 26.0 Å². The first-order valence-corrected chi connectivity index (χ1v) is 4.99. The Morgan fingerprint density at radius 2 is 2.12 bits per heavy atom. The number of carbonyl (C=O) groups excluding carboxylic acids is 2. The van der Waals surface area contributed by atoms with E-state index < -0.39 is 11.9 Å². The molecule has 0 aliphatic rings. The van der Waals surface area contributed by atoms with Gasteiger partial charge in [0.15, 0.2) is 0 Å². The first kappa shape index (κ1) is 12.2. The van der Waals surface area contributed by atoms with Gasteiger partial charge in [0.05, 0.1) is 13.7 Å². The first-order valence-electron chi connectivity index (χ1n) is 4.99. The highest BCUT2D eigenvalue weighted by Gasteiger charge is 2.23. The van der Waals surface area contributed by atoms with Crippen LogP contribution in [0.1, 0.15) is 18.4 Å². The van der Waals surface area contributed by atoms with Gasteiger partial charge in [-0.3, -0.25) is 4.79 Å². The molecule has 0 radical (unpaired) electrons. The fourth-order valence-corrected chi connectivity index (χ4v) is 1.41. The minimum Gasteiger partial charge on any atom is -0.494 e. The van der Waals surface area contributed by atoms with E-state index in [9.17, 15) is 9.59 Å². The molecule has 0 N–H and O–H groups in total. The lowest BCUT2D eigenvalue weighted by molar-refractivity contribution is -0.143. The summed E-state index contributed by atoms with van der Waals surface area (Å²) in [5, 5.41) is 0. The summed E-state index contributed by atoms with van der Waals surface area (Å²) in [5.41, 5.74) is 0.534. The van der Waals surface area contributed by atoms with Crippen LogP contribution in [0.25, 0.3) is 0 Å². The maximum Gasteiger partial charge on any atom is 0.320 e. The zero-order chi connectivity index (χ0) is 12.0. The van der Waals surface area contributed by atoms with Crippen molar-refractivity contribution in [3.05, 3.63) is 29.8 Å². The summed E-state index contributed by atoms with van der Waals surface area (Å²) in [6.07, 6.45) is 0.559. The van der Waals surface area contributed by atoms with Gasteiger partial charge in [-0.25, -0.2) is 0 Å². The van der Waals surface area contributed by atoms with Crippen LogP contribution in [0.15, 0.2) is 24.3 Å². The summed E-state index contributed by atoms with van der Waals surface area (Å²) in [4.78, 5) is 22.3. The molecule has 0 aliphatic carbocycles. The van der Waals surface area contributed by atoms with Gasteiger partial charge in [0.25, 0.3) is 0 Å². The van der Waals surface area contributed by atoms with Crippen LogP contribution in [0.4, 0.5) is 0 Å². The fourth-order valence-electron chi connectivity index (χ4n) is 1.41. The Kier molecular flexibility index (Phi) is 4.51. The van der Waals surface area contributed by atoms with Crippen molar-refractivity contribution in [3.8, 4) is 5.75 Å². The highest BCUT2D eigenvalue weighted by molar-refractivity contribution is 5.94. The van der Waals surface area contributed by atoms with Crippen LogP contribution in [0.2, 0.25) is 0 Å². The summed E-state index contributed by atoms with van der Waals surface area (Å²) in [6.45, 7) is 2.31. The second kappa shape index (κ2) is 5.90. The molecule has 1 unspecified atom stereocenters. The van der Waals surface area contributed by atoms with Gasteiger partial charge in [-0.1, -0.05) is 18.2 Å². The number of hydrogen-bond acceptors (Lipinski definition) is 4. The lowest BCUT2D eigenvalue weighted by Crippen LogP contribution is -2.16. The van der Waals surface area contributed by atoms with Crippen molar-refractivity contribution in [3.63, 3.8) is 0 Å². The molecule has 0 heterocycles. The highest BCUT2D eigenvalue weighted by atomic mass is 16.5. The van der Waals surface area contributed by atoms with Crippen LogP contribution < -0.4 is 4.74 Å². The van der Waals surface area contributed by atoms with Crippen molar-refractivity contribution in [2.45, 2.75) is 12.8 Å². The van der Waals surface area contributed by atoms with Crippen molar-refractivity contribution < 1.29 is 19.1 Å². The molecule has 1 rings (SSSR count). The lowest BCUT2D eigenvalue weighted by atomic mass is 10.00. The van der Waals surface area contributed by atoms with E-state index in [1.807, 2.05) is 6.92 Å². The molecule has 0 aliphatic heterocycles. The van der Waals surface area contributed by atoms with Gasteiger partial charge in [-0.2, -0.15) is 0 Å². The van der Waals surface area contributed by atoms with E-state index in [4.69, 9.17) is 4.74 Å². The molecule has 0 spiro atoms. The van der Waals surface area contributed by atoms with Gasteiger partial charge in [0.1, 0.15) is 18.0 Å². The summed E-state index contributed by atoms with van der Waals surface area (Å²) >= 11 is 0. The number of carbonyl (C=O) groups is 2. The Morgan fingerprint density at radius 1 is 1.44 bits per heavy atom. The number of benzene rings is 1. The van der Waals surface area contributed by atoms with Crippen LogP contribution in [-0.2, 0) is 14.3 Å². The van der Waals surface area contributed by atoms with Crippen LogP contribution >= 0.6 is 0 Å².